The maximum absolute atomic E-state index is 8.16. The lowest BCUT2D eigenvalue weighted by Crippen LogP contribution is -1.94. The predicted molar refractivity (Wildman–Crippen MR) is 80.3 cm³/mol. The van der Waals surface area contributed by atoms with Crippen molar-refractivity contribution in [1.29, 1.82) is 0 Å². The molecule has 0 saturated heterocycles. The Labute approximate surface area is 118 Å². The first-order chi connectivity index (χ1) is 9.88. The van der Waals surface area contributed by atoms with E-state index in [1.54, 1.807) is 0 Å². The molecule has 0 unspecified atom stereocenters. The predicted octanol–water partition coefficient (Wildman–Crippen LogP) is 4.59. The third kappa shape index (κ3) is 4.52. The second-order valence-electron chi connectivity index (χ2n) is 4.16. The molecule has 100 valence electrons. The van der Waals surface area contributed by atoms with Crippen molar-refractivity contribution < 1.29 is 4.74 Å². The Balaban J connectivity index is 1.88. The molecule has 4 nitrogen and oxygen atoms in total. The molecule has 0 aliphatic heterocycles. The minimum Gasteiger partial charge on any atom is -0.489 e. The quantitative estimate of drug-likeness (QED) is 0.428. The Morgan fingerprint density at radius 3 is 2.50 bits per heavy atom. The van der Waals surface area contributed by atoms with Gasteiger partial charge in [0.05, 0.1) is 0 Å². The molecule has 2 aromatic rings. The van der Waals surface area contributed by atoms with Crippen LogP contribution in [0, 0.1) is 0 Å². The van der Waals surface area contributed by atoms with Crippen LogP contribution >= 0.6 is 0 Å². The van der Waals surface area contributed by atoms with E-state index in [0.717, 1.165) is 16.9 Å². The highest BCUT2D eigenvalue weighted by atomic mass is 16.5. The summed E-state index contributed by atoms with van der Waals surface area (Å²) in [6.45, 7) is 0.926. The van der Waals surface area contributed by atoms with Gasteiger partial charge in [0, 0.05) is 11.5 Å². The lowest BCUT2D eigenvalue weighted by molar-refractivity contribution is 0.306. The number of nitrogens with zero attached hydrogens (tertiary/aromatic N) is 3. The van der Waals surface area contributed by atoms with Crippen LogP contribution in [0.15, 0.2) is 65.8 Å². The Bertz CT molecular complexity index is 599. The number of rotatable bonds is 6. The fourth-order valence-corrected chi connectivity index (χ4v) is 1.69. The van der Waals surface area contributed by atoms with E-state index in [1.807, 2.05) is 66.7 Å². The monoisotopic (exact) mass is 265 g/mol. The number of azide groups is 1. The smallest absolute Gasteiger partial charge is 0.119 e. The summed E-state index contributed by atoms with van der Waals surface area (Å²) in [5, 5.41) is 3.44. The average Bonchev–Trinajstić information content (AvgIpc) is 2.52. The maximum Gasteiger partial charge on any atom is 0.119 e. The number of hydrogen-bond acceptors (Lipinski definition) is 2. The second-order valence-corrected chi connectivity index (χ2v) is 4.16. The van der Waals surface area contributed by atoms with E-state index < -0.39 is 0 Å². The molecule has 0 radical (unpaired) electrons. The van der Waals surface area contributed by atoms with Crippen LogP contribution in [0.25, 0.3) is 16.5 Å². The highest BCUT2D eigenvalue weighted by molar-refractivity contribution is 5.50. The van der Waals surface area contributed by atoms with Crippen molar-refractivity contribution in [3.05, 3.63) is 82.2 Å². The minimum absolute atomic E-state index is 0.364. The Morgan fingerprint density at radius 1 is 1.05 bits per heavy atom. The number of hydrogen-bond donors (Lipinski definition) is 0. The first kappa shape index (κ1) is 13.7. The van der Waals surface area contributed by atoms with Crippen molar-refractivity contribution in [3.63, 3.8) is 0 Å². The van der Waals surface area contributed by atoms with Crippen molar-refractivity contribution in [1.82, 2.24) is 0 Å². The maximum atomic E-state index is 8.16. The lowest BCUT2D eigenvalue weighted by Gasteiger charge is -2.06. The van der Waals surface area contributed by atoms with E-state index in [2.05, 4.69) is 10.0 Å². The Hall–Kier alpha value is -2.71. The van der Waals surface area contributed by atoms with Crippen LogP contribution in [0.1, 0.15) is 11.1 Å². The third-order valence-corrected chi connectivity index (χ3v) is 2.69. The van der Waals surface area contributed by atoms with Crippen molar-refractivity contribution >= 4 is 6.08 Å². The van der Waals surface area contributed by atoms with Gasteiger partial charge in [-0.25, -0.2) is 0 Å². The van der Waals surface area contributed by atoms with Gasteiger partial charge in [0.1, 0.15) is 12.4 Å². The Morgan fingerprint density at radius 2 is 1.80 bits per heavy atom. The summed E-state index contributed by atoms with van der Waals surface area (Å²) in [4.78, 5) is 2.69. The molecule has 0 aliphatic carbocycles. The average molecular weight is 265 g/mol. The van der Waals surface area contributed by atoms with Gasteiger partial charge in [-0.3, -0.25) is 0 Å². The molecule has 0 spiro atoms. The fourth-order valence-electron chi connectivity index (χ4n) is 1.69. The van der Waals surface area contributed by atoms with Crippen molar-refractivity contribution in [3.8, 4) is 5.75 Å². The van der Waals surface area contributed by atoms with E-state index in [-0.39, 0.29) is 0 Å². The molecule has 0 atom stereocenters. The van der Waals surface area contributed by atoms with Crippen LogP contribution in [-0.4, -0.2) is 6.54 Å². The molecule has 0 saturated carbocycles. The van der Waals surface area contributed by atoms with Gasteiger partial charge in [0.15, 0.2) is 0 Å². The molecule has 0 bridgehead atoms. The standard InChI is InChI=1S/C16H15N3O/c17-19-18-12-4-7-14-8-10-16(11-9-14)20-13-15-5-2-1-3-6-15/h1-11H,12-13H2. The van der Waals surface area contributed by atoms with Gasteiger partial charge in [-0.15, -0.1) is 0 Å². The van der Waals surface area contributed by atoms with Crippen molar-refractivity contribution in [2.75, 3.05) is 6.54 Å². The highest BCUT2D eigenvalue weighted by Gasteiger charge is 1.95. The van der Waals surface area contributed by atoms with Gasteiger partial charge in [-0.05, 0) is 28.8 Å². The summed E-state index contributed by atoms with van der Waals surface area (Å²) in [6.07, 6.45) is 3.73. The van der Waals surface area contributed by atoms with Gasteiger partial charge >= 0.3 is 0 Å². The zero-order chi connectivity index (χ0) is 14.0. The zero-order valence-electron chi connectivity index (χ0n) is 11.0. The molecule has 2 rings (SSSR count). The van der Waals surface area contributed by atoms with Crippen LogP contribution in [0.3, 0.4) is 0 Å². The van der Waals surface area contributed by atoms with E-state index in [9.17, 15) is 0 Å². The number of benzene rings is 2. The van der Waals surface area contributed by atoms with Crippen LogP contribution < -0.4 is 4.74 Å². The molecular formula is C16H15N3O. The molecule has 20 heavy (non-hydrogen) atoms. The highest BCUT2D eigenvalue weighted by Crippen LogP contribution is 2.15. The summed E-state index contributed by atoms with van der Waals surface area (Å²) >= 11 is 0. The van der Waals surface area contributed by atoms with Crippen LogP contribution in [-0.2, 0) is 6.61 Å². The second kappa shape index (κ2) is 7.67. The minimum atomic E-state index is 0.364. The van der Waals surface area contributed by atoms with Crippen molar-refractivity contribution in [2.24, 2.45) is 5.11 Å². The molecule has 0 aromatic heterocycles. The SMILES string of the molecule is [N-]=[N+]=NCC=Cc1ccc(OCc2ccccc2)cc1. The summed E-state index contributed by atoms with van der Waals surface area (Å²) in [7, 11) is 0. The molecule has 0 aliphatic rings. The first-order valence-corrected chi connectivity index (χ1v) is 6.32. The fraction of sp³-hybridized carbons (Fsp3) is 0.125. The molecular weight excluding hydrogens is 250 g/mol. The molecule has 0 heterocycles. The molecule has 4 heteroatoms. The van der Waals surface area contributed by atoms with Crippen LogP contribution in [0.2, 0.25) is 0 Å². The molecule has 0 fully saturated rings. The normalized spacial score (nSPS) is 10.2. The van der Waals surface area contributed by atoms with E-state index in [1.165, 1.54) is 0 Å². The molecule has 2 aromatic carbocycles. The number of ether oxygens (including phenoxy) is 1. The van der Waals surface area contributed by atoms with E-state index in [4.69, 9.17) is 10.3 Å². The summed E-state index contributed by atoms with van der Waals surface area (Å²) in [6, 6.07) is 17.8. The van der Waals surface area contributed by atoms with Gasteiger partial charge < -0.3 is 4.74 Å². The van der Waals surface area contributed by atoms with E-state index >= 15 is 0 Å². The molecule has 0 amide bonds. The zero-order valence-corrected chi connectivity index (χ0v) is 11.0. The lowest BCUT2D eigenvalue weighted by atomic mass is 10.2. The first-order valence-electron chi connectivity index (χ1n) is 6.32. The van der Waals surface area contributed by atoms with Crippen LogP contribution in [0.4, 0.5) is 0 Å². The van der Waals surface area contributed by atoms with Gasteiger partial charge in [0.25, 0.3) is 0 Å². The largest absolute Gasteiger partial charge is 0.489 e. The molecule has 0 N–H and O–H groups in total. The summed E-state index contributed by atoms with van der Waals surface area (Å²) in [5.74, 6) is 0.834. The summed E-state index contributed by atoms with van der Waals surface area (Å²) < 4.78 is 5.70. The topological polar surface area (TPSA) is 58.0 Å². The van der Waals surface area contributed by atoms with Gasteiger partial charge in [-0.2, -0.15) is 0 Å². The van der Waals surface area contributed by atoms with Crippen molar-refractivity contribution in [2.45, 2.75) is 6.61 Å². The summed E-state index contributed by atoms with van der Waals surface area (Å²) in [5.41, 5.74) is 10.4. The van der Waals surface area contributed by atoms with Gasteiger partial charge in [0.2, 0.25) is 0 Å². The van der Waals surface area contributed by atoms with Gasteiger partial charge in [-0.1, -0.05) is 59.7 Å². The third-order valence-electron chi connectivity index (χ3n) is 2.69. The van der Waals surface area contributed by atoms with Crippen LogP contribution in [0.5, 0.6) is 5.75 Å². The van der Waals surface area contributed by atoms with E-state index in [0.29, 0.717) is 13.2 Å². The Kier molecular flexibility index (Phi) is 5.26.